The van der Waals surface area contributed by atoms with Crippen LogP contribution in [0.4, 0.5) is 0 Å². The van der Waals surface area contributed by atoms with Crippen LogP contribution in [-0.4, -0.2) is 42.1 Å². The van der Waals surface area contributed by atoms with Crippen LogP contribution in [0.5, 0.6) is 0 Å². The van der Waals surface area contributed by atoms with Crippen molar-refractivity contribution in [2.75, 3.05) is 20.2 Å². The van der Waals surface area contributed by atoms with Crippen LogP contribution in [0.2, 0.25) is 0 Å². The van der Waals surface area contributed by atoms with Crippen molar-refractivity contribution in [1.82, 2.24) is 9.88 Å². The first kappa shape index (κ1) is 13.3. The number of fused-ring (bicyclic) bond motifs is 1. The summed E-state index contributed by atoms with van der Waals surface area (Å²) in [5, 5.41) is 0. The molecule has 20 heavy (non-hydrogen) atoms. The Morgan fingerprint density at radius 3 is 3.15 bits per heavy atom. The van der Waals surface area contributed by atoms with Crippen LogP contribution in [-0.2, 0) is 4.74 Å². The predicted octanol–water partition coefficient (Wildman–Crippen LogP) is 2.74. The number of benzene rings is 1. The number of rotatable bonds is 3. The van der Waals surface area contributed by atoms with Crippen LogP contribution < -0.4 is 0 Å². The van der Waals surface area contributed by atoms with Gasteiger partial charge in [-0.1, -0.05) is 0 Å². The summed E-state index contributed by atoms with van der Waals surface area (Å²) in [7, 11) is 1.79. The van der Waals surface area contributed by atoms with E-state index in [1.807, 2.05) is 6.07 Å². The molecule has 1 aliphatic heterocycles. The van der Waals surface area contributed by atoms with Gasteiger partial charge in [-0.2, -0.15) is 0 Å². The molecule has 5 nitrogen and oxygen atoms in total. The minimum Gasteiger partial charge on any atom is -0.429 e. The van der Waals surface area contributed by atoms with E-state index in [2.05, 4.69) is 4.98 Å². The van der Waals surface area contributed by atoms with Gasteiger partial charge in [-0.3, -0.25) is 4.79 Å². The highest BCUT2D eigenvalue weighted by atomic mass is 32.1. The van der Waals surface area contributed by atoms with E-state index in [0.717, 1.165) is 25.0 Å². The van der Waals surface area contributed by atoms with Gasteiger partial charge in [0.2, 0.25) is 0 Å². The van der Waals surface area contributed by atoms with Crippen molar-refractivity contribution in [2.24, 2.45) is 0 Å². The van der Waals surface area contributed by atoms with E-state index in [0.29, 0.717) is 22.5 Å². The molecule has 1 atom stereocenters. The zero-order valence-corrected chi connectivity index (χ0v) is 12.0. The molecule has 2 heterocycles. The monoisotopic (exact) mass is 292 g/mol. The van der Waals surface area contributed by atoms with E-state index >= 15 is 0 Å². The lowest BCUT2D eigenvalue weighted by molar-refractivity contribution is 0.0587. The lowest BCUT2D eigenvalue weighted by atomic mass is 10.1. The van der Waals surface area contributed by atoms with Crippen LogP contribution in [0.3, 0.4) is 0 Å². The zero-order valence-electron chi connectivity index (χ0n) is 11.2. The molecule has 0 spiro atoms. The number of nitrogens with one attached hydrogen (secondary N) is 1. The van der Waals surface area contributed by atoms with Gasteiger partial charge in [-0.25, -0.2) is 0 Å². The Morgan fingerprint density at radius 2 is 2.40 bits per heavy atom. The molecule has 0 saturated carbocycles. The molecular weight excluding hydrogens is 276 g/mol. The normalized spacial score (nSPS) is 18.6. The number of likely N-dealkylation sites (N-methyl/N-ethyl adjacent to an activating group) is 1. The van der Waals surface area contributed by atoms with Gasteiger partial charge in [-0.15, -0.1) is 0 Å². The van der Waals surface area contributed by atoms with Crippen LogP contribution in [0, 0.1) is 4.84 Å². The summed E-state index contributed by atoms with van der Waals surface area (Å²) in [6.07, 6.45) is 2.25. The van der Waals surface area contributed by atoms with Gasteiger partial charge in [0.05, 0.1) is 11.6 Å². The molecule has 1 amide bonds. The minimum atomic E-state index is -0.0373. The molecule has 2 aromatic rings. The molecule has 0 aliphatic carbocycles. The van der Waals surface area contributed by atoms with Crippen LogP contribution in [0.1, 0.15) is 23.2 Å². The Morgan fingerprint density at radius 1 is 1.55 bits per heavy atom. The van der Waals surface area contributed by atoms with Gasteiger partial charge < -0.3 is 19.0 Å². The third-order valence-corrected chi connectivity index (χ3v) is 3.70. The van der Waals surface area contributed by atoms with Gasteiger partial charge in [0.25, 0.3) is 10.7 Å². The molecule has 1 fully saturated rings. The van der Waals surface area contributed by atoms with E-state index in [1.54, 1.807) is 24.1 Å². The number of H-pyrrole nitrogens is 1. The van der Waals surface area contributed by atoms with Crippen LogP contribution >= 0.6 is 12.2 Å². The third kappa shape index (κ3) is 2.62. The molecule has 0 unspecified atom stereocenters. The second kappa shape index (κ2) is 5.38. The predicted molar refractivity (Wildman–Crippen MR) is 77.3 cm³/mol. The van der Waals surface area contributed by atoms with Gasteiger partial charge in [0, 0.05) is 25.8 Å². The summed E-state index contributed by atoms with van der Waals surface area (Å²) >= 11 is 4.93. The average Bonchev–Trinajstić information content (AvgIpc) is 3.04. The van der Waals surface area contributed by atoms with Gasteiger partial charge in [0.1, 0.15) is 0 Å². The van der Waals surface area contributed by atoms with E-state index in [-0.39, 0.29) is 12.0 Å². The average molecular weight is 292 g/mol. The summed E-state index contributed by atoms with van der Waals surface area (Å²) in [5.74, 6) is -0.0373. The lowest BCUT2D eigenvalue weighted by Crippen LogP contribution is -2.34. The minimum absolute atomic E-state index is 0.0373. The van der Waals surface area contributed by atoms with Crippen LogP contribution in [0.25, 0.3) is 11.1 Å². The number of aromatic amines is 1. The van der Waals surface area contributed by atoms with Crippen molar-refractivity contribution in [3.8, 4) is 0 Å². The Hall–Kier alpha value is -1.66. The maximum Gasteiger partial charge on any atom is 0.266 e. The Balaban J connectivity index is 1.78. The number of nitrogens with zero attached hydrogens (tertiary/aromatic N) is 1. The number of ether oxygens (including phenoxy) is 1. The van der Waals surface area contributed by atoms with E-state index in [1.165, 1.54) is 0 Å². The summed E-state index contributed by atoms with van der Waals surface area (Å²) in [4.78, 5) is 17.3. The van der Waals surface area contributed by atoms with E-state index in [4.69, 9.17) is 21.4 Å². The summed E-state index contributed by atoms with van der Waals surface area (Å²) in [6.45, 7) is 1.41. The zero-order chi connectivity index (χ0) is 14.1. The van der Waals surface area contributed by atoms with Crippen molar-refractivity contribution >= 4 is 29.2 Å². The maximum absolute atomic E-state index is 12.4. The van der Waals surface area contributed by atoms with Gasteiger partial charge >= 0.3 is 0 Å². The van der Waals surface area contributed by atoms with Gasteiger partial charge in [-0.05, 0) is 43.3 Å². The molecule has 1 N–H and O–H groups in total. The van der Waals surface area contributed by atoms with Crippen molar-refractivity contribution in [3.05, 3.63) is 28.6 Å². The Bertz CT molecular complexity index is 685. The third-order valence-electron chi connectivity index (χ3n) is 3.52. The molecule has 1 aromatic heterocycles. The van der Waals surface area contributed by atoms with Crippen molar-refractivity contribution in [3.63, 3.8) is 0 Å². The Kier molecular flexibility index (Phi) is 3.58. The molecule has 0 bridgehead atoms. The smallest absolute Gasteiger partial charge is 0.266 e. The molecule has 106 valence electrons. The van der Waals surface area contributed by atoms with E-state index < -0.39 is 0 Å². The first-order valence-electron chi connectivity index (χ1n) is 6.63. The van der Waals surface area contributed by atoms with Crippen molar-refractivity contribution in [2.45, 2.75) is 18.9 Å². The lowest BCUT2D eigenvalue weighted by Gasteiger charge is -2.20. The number of oxazole rings is 1. The fraction of sp³-hybridized carbons (Fsp3) is 0.429. The highest BCUT2D eigenvalue weighted by molar-refractivity contribution is 7.71. The maximum atomic E-state index is 12.4. The number of carbonyl (C=O) groups excluding carboxylic acids is 1. The molecule has 6 heteroatoms. The first-order chi connectivity index (χ1) is 9.63. The number of hydrogen-bond acceptors (Lipinski definition) is 4. The summed E-state index contributed by atoms with van der Waals surface area (Å²) < 4.78 is 10.9. The number of carbonyl (C=O) groups is 1. The quantitative estimate of drug-likeness (QED) is 0.884. The fourth-order valence-electron chi connectivity index (χ4n) is 2.48. The molecule has 1 aromatic carbocycles. The molecule has 1 saturated heterocycles. The molecule has 0 radical (unpaired) electrons. The molecule has 1 aliphatic rings. The summed E-state index contributed by atoms with van der Waals surface area (Å²) in [5.41, 5.74) is 2.00. The topological polar surface area (TPSA) is 58.5 Å². The highest BCUT2D eigenvalue weighted by Crippen LogP contribution is 2.18. The number of hydrogen-bond donors (Lipinski definition) is 1. The molecular formula is C14H16N2O3S. The second-order valence-electron chi connectivity index (χ2n) is 5.05. The second-order valence-corrected chi connectivity index (χ2v) is 5.42. The standard InChI is InChI=1S/C14H16N2O3S/c1-16(8-10-3-2-6-18-10)13(17)9-4-5-11-12(7-9)19-14(20)15-11/h4-5,7,10H,2-3,6,8H2,1H3,(H,15,20)/t10-/m1/s1. The largest absolute Gasteiger partial charge is 0.429 e. The molecule has 3 rings (SSSR count). The van der Waals surface area contributed by atoms with Crippen LogP contribution in [0.15, 0.2) is 22.6 Å². The van der Waals surface area contributed by atoms with E-state index in [9.17, 15) is 4.79 Å². The SMILES string of the molecule is CN(C[C@H]1CCCO1)C(=O)c1ccc2[nH]c(=S)oc2c1. The van der Waals surface area contributed by atoms with Crippen molar-refractivity contribution in [1.29, 1.82) is 0 Å². The fourth-order valence-corrected chi connectivity index (χ4v) is 2.68. The van der Waals surface area contributed by atoms with Gasteiger partial charge in [0.15, 0.2) is 5.58 Å². The number of amides is 1. The Labute approximate surface area is 121 Å². The number of aromatic nitrogens is 1. The first-order valence-corrected chi connectivity index (χ1v) is 7.04. The van der Waals surface area contributed by atoms with Crippen molar-refractivity contribution < 1.29 is 13.9 Å². The highest BCUT2D eigenvalue weighted by Gasteiger charge is 2.21. The summed E-state index contributed by atoms with van der Waals surface area (Å²) in [6, 6.07) is 5.30.